The van der Waals surface area contributed by atoms with Crippen LogP contribution in [0.25, 0.3) is 0 Å². The van der Waals surface area contributed by atoms with Gasteiger partial charge in [0.15, 0.2) is 0 Å². The van der Waals surface area contributed by atoms with Crippen LogP contribution in [0.2, 0.25) is 0 Å². The SMILES string of the molecule is O=C(NCc1cccc(Oc2ccccc2)c1)C1C[C@H]2CCC[C@@H](C1)C2=O. The standard InChI is InChI=1S/C23H25NO3/c25-22-17-7-5-8-18(22)14-19(13-17)23(26)24-15-16-6-4-11-21(12-16)27-20-9-2-1-3-10-20/h1-4,6,9-12,17-19H,5,7-8,13-15H2,(H,24,26)/t17-,18+,19?. The number of hydrogen-bond acceptors (Lipinski definition) is 3. The molecule has 4 nitrogen and oxygen atoms in total. The van der Waals surface area contributed by atoms with Gasteiger partial charge in [0.1, 0.15) is 17.3 Å². The van der Waals surface area contributed by atoms with Gasteiger partial charge in [0, 0.05) is 24.3 Å². The Bertz CT molecular complexity index is 801. The summed E-state index contributed by atoms with van der Waals surface area (Å²) < 4.78 is 5.85. The van der Waals surface area contributed by atoms with Crippen molar-refractivity contribution in [3.8, 4) is 11.5 Å². The number of rotatable bonds is 5. The highest BCUT2D eigenvalue weighted by Gasteiger charge is 2.41. The van der Waals surface area contributed by atoms with Gasteiger partial charge in [0.2, 0.25) is 5.91 Å². The summed E-state index contributed by atoms with van der Waals surface area (Å²) in [6.07, 6.45) is 4.48. The van der Waals surface area contributed by atoms with Crippen molar-refractivity contribution in [2.75, 3.05) is 0 Å². The smallest absolute Gasteiger partial charge is 0.223 e. The van der Waals surface area contributed by atoms with Crippen LogP contribution in [-0.2, 0) is 16.1 Å². The van der Waals surface area contributed by atoms with E-state index in [9.17, 15) is 9.59 Å². The molecule has 1 N–H and O–H groups in total. The van der Waals surface area contributed by atoms with Crippen molar-refractivity contribution in [2.45, 2.75) is 38.6 Å². The van der Waals surface area contributed by atoms with E-state index in [0.29, 0.717) is 12.3 Å². The number of ketones is 1. The summed E-state index contributed by atoms with van der Waals surface area (Å²) in [4.78, 5) is 24.8. The van der Waals surface area contributed by atoms with Gasteiger partial charge in [-0.2, -0.15) is 0 Å². The highest BCUT2D eigenvalue weighted by Crippen LogP contribution is 2.40. The van der Waals surface area contributed by atoms with Crippen LogP contribution in [0.5, 0.6) is 11.5 Å². The normalized spacial score (nSPS) is 24.3. The van der Waals surface area contributed by atoms with Crippen LogP contribution in [0.3, 0.4) is 0 Å². The quantitative estimate of drug-likeness (QED) is 0.851. The predicted molar refractivity (Wildman–Crippen MR) is 103 cm³/mol. The van der Waals surface area contributed by atoms with E-state index in [1.165, 1.54) is 0 Å². The summed E-state index contributed by atoms with van der Waals surface area (Å²) in [6, 6.07) is 17.4. The molecule has 0 heterocycles. The van der Waals surface area contributed by atoms with Gasteiger partial charge in [0.25, 0.3) is 0 Å². The summed E-state index contributed by atoms with van der Waals surface area (Å²) >= 11 is 0. The van der Waals surface area contributed by atoms with E-state index in [1.807, 2.05) is 54.6 Å². The number of para-hydroxylation sites is 1. The van der Waals surface area contributed by atoms with Crippen molar-refractivity contribution in [3.05, 3.63) is 60.2 Å². The van der Waals surface area contributed by atoms with E-state index in [-0.39, 0.29) is 23.7 Å². The van der Waals surface area contributed by atoms with Crippen LogP contribution in [0.4, 0.5) is 0 Å². The van der Waals surface area contributed by atoms with Gasteiger partial charge in [-0.15, -0.1) is 0 Å². The molecule has 2 aliphatic carbocycles. The maximum absolute atomic E-state index is 12.6. The highest BCUT2D eigenvalue weighted by atomic mass is 16.5. The van der Waals surface area contributed by atoms with Gasteiger partial charge in [-0.05, 0) is 55.5 Å². The first-order chi connectivity index (χ1) is 13.2. The lowest BCUT2D eigenvalue weighted by atomic mass is 9.67. The first-order valence-electron chi connectivity index (χ1n) is 9.82. The maximum atomic E-state index is 12.6. The summed E-state index contributed by atoms with van der Waals surface area (Å²) in [6.45, 7) is 0.477. The maximum Gasteiger partial charge on any atom is 0.223 e. The fraction of sp³-hybridized carbons (Fsp3) is 0.391. The van der Waals surface area contributed by atoms with Crippen LogP contribution in [0.1, 0.15) is 37.7 Å². The van der Waals surface area contributed by atoms with Gasteiger partial charge in [-0.25, -0.2) is 0 Å². The largest absolute Gasteiger partial charge is 0.457 e. The van der Waals surface area contributed by atoms with Crippen molar-refractivity contribution in [2.24, 2.45) is 17.8 Å². The second kappa shape index (κ2) is 7.95. The number of Topliss-reactive ketones (excluding diaryl/α,β-unsaturated/α-hetero) is 1. The van der Waals surface area contributed by atoms with Crippen molar-refractivity contribution in [1.82, 2.24) is 5.32 Å². The van der Waals surface area contributed by atoms with Crippen molar-refractivity contribution >= 4 is 11.7 Å². The second-order valence-electron chi connectivity index (χ2n) is 7.68. The molecule has 3 atom stereocenters. The Morgan fingerprint density at radius 1 is 0.963 bits per heavy atom. The number of fused-ring (bicyclic) bond motifs is 2. The number of carbonyl (C=O) groups excluding carboxylic acids is 2. The molecule has 0 aliphatic heterocycles. The van der Waals surface area contributed by atoms with Crippen LogP contribution in [-0.4, -0.2) is 11.7 Å². The van der Waals surface area contributed by atoms with E-state index in [4.69, 9.17) is 4.74 Å². The van der Waals surface area contributed by atoms with Crippen LogP contribution < -0.4 is 10.1 Å². The molecule has 2 saturated carbocycles. The van der Waals surface area contributed by atoms with Crippen molar-refractivity contribution < 1.29 is 14.3 Å². The van der Waals surface area contributed by atoms with Crippen LogP contribution in [0, 0.1) is 17.8 Å². The molecular weight excluding hydrogens is 338 g/mol. The minimum Gasteiger partial charge on any atom is -0.457 e. The Kier molecular flexibility index (Phi) is 5.23. The Hall–Kier alpha value is -2.62. The molecule has 0 radical (unpaired) electrons. The summed E-state index contributed by atoms with van der Waals surface area (Å²) in [5.41, 5.74) is 1.00. The van der Waals surface area contributed by atoms with E-state index in [2.05, 4.69) is 5.32 Å². The first kappa shape index (κ1) is 17.8. The molecule has 2 aliphatic rings. The fourth-order valence-corrected chi connectivity index (χ4v) is 4.37. The Balaban J connectivity index is 1.34. The van der Waals surface area contributed by atoms with E-state index in [0.717, 1.165) is 49.2 Å². The molecule has 2 bridgehead atoms. The lowest BCUT2D eigenvalue weighted by Crippen LogP contribution is -2.42. The second-order valence-corrected chi connectivity index (χ2v) is 7.68. The third-order valence-corrected chi connectivity index (χ3v) is 5.76. The molecule has 4 rings (SSSR count). The van der Waals surface area contributed by atoms with Crippen LogP contribution >= 0.6 is 0 Å². The summed E-state index contributed by atoms with van der Waals surface area (Å²) in [5, 5.41) is 3.06. The molecule has 2 aromatic carbocycles. The van der Waals surface area contributed by atoms with Crippen molar-refractivity contribution in [3.63, 3.8) is 0 Å². The third-order valence-electron chi connectivity index (χ3n) is 5.76. The lowest BCUT2D eigenvalue weighted by Gasteiger charge is -2.36. The monoisotopic (exact) mass is 363 g/mol. The predicted octanol–water partition coefficient (Wildman–Crippen LogP) is 4.49. The van der Waals surface area contributed by atoms with Gasteiger partial charge in [0.05, 0.1) is 0 Å². The molecule has 2 fully saturated rings. The molecule has 140 valence electrons. The fourth-order valence-electron chi connectivity index (χ4n) is 4.37. The first-order valence-corrected chi connectivity index (χ1v) is 9.82. The van der Waals surface area contributed by atoms with Gasteiger partial charge in [-0.3, -0.25) is 9.59 Å². The lowest BCUT2D eigenvalue weighted by molar-refractivity contribution is -0.137. The summed E-state index contributed by atoms with van der Waals surface area (Å²) in [7, 11) is 0. The van der Waals surface area contributed by atoms with Gasteiger partial charge >= 0.3 is 0 Å². The number of benzene rings is 2. The average molecular weight is 363 g/mol. The topological polar surface area (TPSA) is 55.4 Å². The molecule has 27 heavy (non-hydrogen) atoms. The van der Waals surface area contributed by atoms with Crippen molar-refractivity contribution in [1.29, 1.82) is 0 Å². The minimum absolute atomic E-state index is 0.0262. The Morgan fingerprint density at radius 2 is 1.67 bits per heavy atom. The molecule has 4 heteroatoms. The van der Waals surface area contributed by atoms with Gasteiger partial charge < -0.3 is 10.1 Å². The third kappa shape index (κ3) is 4.21. The summed E-state index contributed by atoms with van der Waals surface area (Å²) in [5.74, 6) is 2.21. The van der Waals surface area contributed by atoms with Crippen LogP contribution in [0.15, 0.2) is 54.6 Å². The van der Waals surface area contributed by atoms with E-state index >= 15 is 0 Å². The zero-order chi connectivity index (χ0) is 18.6. The average Bonchev–Trinajstić information content (AvgIpc) is 2.67. The minimum atomic E-state index is -0.0262. The number of carbonyl (C=O) groups is 2. The molecular formula is C23H25NO3. The zero-order valence-electron chi connectivity index (χ0n) is 15.4. The van der Waals surface area contributed by atoms with E-state index in [1.54, 1.807) is 0 Å². The molecule has 0 spiro atoms. The molecule has 1 unspecified atom stereocenters. The number of amides is 1. The highest BCUT2D eigenvalue weighted by molar-refractivity contribution is 5.88. The number of hydrogen-bond donors (Lipinski definition) is 1. The molecule has 0 saturated heterocycles. The number of ether oxygens (including phenoxy) is 1. The Labute approximate surface area is 159 Å². The van der Waals surface area contributed by atoms with E-state index < -0.39 is 0 Å². The molecule has 1 amide bonds. The van der Waals surface area contributed by atoms with Gasteiger partial charge in [-0.1, -0.05) is 36.8 Å². The zero-order valence-corrected chi connectivity index (χ0v) is 15.4. The Morgan fingerprint density at radius 3 is 2.41 bits per heavy atom. The molecule has 2 aromatic rings. The molecule has 0 aromatic heterocycles. The number of nitrogens with one attached hydrogen (secondary N) is 1.